The van der Waals surface area contributed by atoms with Gasteiger partial charge in [0.15, 0.2) is 0 Å². The zero-order chi connectivity index (χ0) is 20.0. The largest absolute Gasteiger partial charge is 0.385 e. The van der Waals surface area contributed by atoms with Gasteiger partial charge in [0.2, 0.25) is 0 Å². The summed E-state index contributed by atoms with van der Waals surface area (Å²) in [4.78, 5) is 16.6. The molecule has 5 nitrogen and oxygen atoms in total. The number of anilines is 1. The number of benzene rings is 1. The van der Waals surface area contributed by atoms with Crippen molar-refractivity contribution in [2.45, 2.75) is 51.7 Å². The number of carbonyl (C=O) groups is 1. The number of rotatable bonds is 3. The molecule has 1 aromatic heterocycles. The summed E-state index contributed by atoms with van der Waals surface area (Å²) in [6.45, 7) is 8.02. The van der Waals surface area contributed by atoms with Crippen molar-refractivity contribution < 1.29 is 9.90 Å². The smallest absolute Gasteiger partial charge is 0.319 e. The molecule has 2 aromatic rings. The number of hydrogen-bond acceptors (Lipinski definition) is 3. The Balaban J connectivity index is 1.81. The highest BCUT2D eigenvalue weighted by Crippen LogP contribution is 2.54. The number of hydrogen-bond donors (Lipinski definition) is 3. The summed E-state index contributed by atoms with van der Waals surface area (Å²) in [6.07, 6.45) is 2.28. The van der Waals surface area contributed by atoms with Gasteiger partial charge < -0.3 is 15.7 Å². The van der Waals surface area contributed by atoms with Crippen molar-refractivity contribution in [1.29, 1.82) is 0 Å². The van der Waals surface area contributed by atoms with E-state index in [1.54, 1.807) is 19.2 Å². The van der Waals surface area contributed by atoms with Crippen molar-refractivity contribution in [2.24, 2.45) is 0 Å². The molecule has 27 heavy (non-hydrogen) atoms. The summed E-state index contributed by atoms with van der Waals surface area (Å²) < 4.78 is 0. The first kappa shape index (κ1) is 19.9. The number of halogens is 2. The van der Waals surface area contributed by atoms with Crippen molar-refractivity contribution in [2.75, 3.05) is 5.32 Å². The molecule has 144 valence electrons. The maximum atomic E-state index is 12.3. The van der Waals surface area contributed by atoms with Gasteiger partial charge in [0.1, 0.15) is 0 Å². The lowest BCUT2D eigenvalue weighted by molar-refractivity contribution is 0.0456. The van der Waals surface area contributed by atoms with Gasteiger partial charge in [-0.2, -0.15) is 0 Å². The molecule has 0 fully saturated rings. The summed E-state index contributed by atoms with van der Waals surface area (Å²) in [7, 11) is 0. The van der Waals surface area contributed by atoms with Crippen LogP contribution in [0.15, 0.2) is 24.4 Å². The van der Waals surface area contributed by atoms with Gasteiger partial charge >= 0.3 is 6.03 Å². The van der Waals surface area contributed by atoms with E-state index >= 15 is 0 Å². The van der Waals surface area contributed by atoms with E-state index in [0.29, 0.717) is 27.7 Å². The Bertz CT molecular complexity index is 893. The molecule has 1 unspecified atom stereocenters. The average molecular weight is 408 g/mol. The monoisotopic (exact) mass is 407 g/mol. The Morgan fingerprint density at radius 2 is 2.00 bits per heavy atom. The van der Waals surface area contributed by atoms with Crippen LogP contribution in [0.2, 0.25) is 10.0 Å². The molecular formula is C20H23Cl2N3O2. The maximum absolute atomic E-state index is 12.3. The molecule has 0 saturated carbocycles. The zero-order valence-corrected chi connectivity index (χ0v) is 17.3. The van der Waals surface area contributed by atoms with Crippen LogP contribution in [-0.2, 0) is 17.6 Å². The lowest BCUT2D eigenvalue weighted by Gasteiger charge is -2.22. The quantitative estimate of drug-likeness (QED) is 0.676. The lowest BCUT2D eigenvalue weighted by Crippen LogP contribution is -2.29. The minimum atomic E-state index is -1.01. The lowest BCUT2D eigenvalue weighted by atomic mass is 9.85. The number of nitrogens with zero attached hydrogens (tertiary/aromatic N) is 1. The first-order valence-corrected chi connectivity index (χ1v) is 9.48. The predicted molar refractivity (Wildman–Crippen MR) is 109 cm³/mol. The van der Waals surface area contributed by atoms with Gasteiger partial charge in [-0.25, -0.2) is 4.79 Å². The van der Waals surface area contributed by atoms with Crippen LogP contribution in [0, 0.1) is 6.92 Å². The molecule has 7 heteroatoms. The number of aromatic nitrogens is 1. The third kappa shape index (κ3) is 3.91. The third-order valence-corrected chi connectivity index (χ3v) is 5.58. The topological polar surface area (TPSA) is 74.2 Å². The predicted octanol–water partition coefficient (Wildman–Crippen LogP) is 4.91. The number of urea groups is 1. The molecule has 1 aromatic carbocycles. The van der Waals surface area contributed by atoms with Gasteiger partial charge in [0, 0.05) is 6.20 Å². The number of fused-ring (bicyclic) bond motifs is 1. The Morgan fingerprint density at radius 1 is 1.30 bits per heavy atom. The van der Waals surface area contributed by atoms with Crippen LogP contribution in [0.1, 0.15) is 49.6 Å². The SMILES string of the molecule is Cc1ccc(CNC(=O)Nc2c(Cl)cc3c(c2Cl)C(C)(C)CC3(C)O)nc1. The van der Waals surface area contributed by atoms with Crippen molar-refractivity contribution in [1.82, 2.24) is 10.3 Å². The van der Waals surface area contributed by atoms with Crippen LogP contribution in [0.3, 0.4) is 0 Å². The highest BCUT2D eigenvalue weighted by atomic mass is 35.5. The second kappa shape index (κ2) is 6.97. The Kier molecular flexibility index (Phi) is 5.14. The van der Waals surface area contributed by atoms with E-state index < -0.39 is 11.6 Å². The van der Waals surface area contributed by atoms with Gasteiger partial charge in [-0.1, -0.05) is 43.1 Å². The van der Waals surface area contributed by atoms with Crippen LogP contribution in [0.5, 0.6) is 0 Å². The zero-order valence-electron chi connectivity index (χ0n) is 15.8. The molecule has 1 aliphatic carbocycles. The van der Waals surface area contributed by atoms with Crippen LogP contribution in [0.25, 0.3) is 0 Å². The molecule has 0 saturated heterocycles. The molecule has 1 heterocycles. The summed E-state index contributed by atoms with van der Waals surface area (Å²) in [6, 6.07) is 5.05. The number of carbonyl (C=O) groups excluding carboxylic acids is 1. The van der Waals surface area contributed by atoms with Crippen LogP contribution in [0.4, 0.5) is 10.5 Å². The van der Waals surface area contributed by atoms with Gasteiger partial charge in [-0.05, 0) is 54.5 Å². The summed E-state index contributed by atoms with van der Waals surface area (Å²) in [5.41, 5.74) is 2.32. The first-order valence-electron chi connectivity index (χ1n) is 8.73. The van der Waals surface area contributed by atoms with E-state index in [4.69, 9.17) is 23.2 Å². The highest BCUT2D eigenvalue weighted by Gasteiger charge is 2.46. The number of nitrogens with one attached hydrogen (secondary N) is 2. The number of amides is 2. The molecule has 0 bridgehead atoms. The van der Waals surface area contributed by atoms with Crippen molar-refractivity contribution >= 4 is 34.9 Å². The van der Waals surface area contributed by atoms with E-state index in [0.717, 1.165) is 16.8 Å². The fourth-order valence-corrected chi connectivity index (χ4v) is 4.60. The summed E-state index contributed by atoms with van der Waals surface area (Å²) >= 11 is 13.0. The van der Waals surface area contributed by atoms with Gasteiger partial charge in [0.05, 0.1) is 33.6 Å². The fourth-order valence-electron chi connectivity index (χ4n) is 3.80. The molecule has 0 spiro atoms. The molecule has 0 radical (unpaired) electrons. The Hall–Kier alpha value is -1.82. The molecule has 0 aliphatic heterocycles. The van der Waals surface area contributed by atoms with Crippen LogP contribution in [-0.4, -0.2) is 16.1 Å². The van der Waals surface area contributed by atoms with E-state index in [1.165, 1.54) is 0 Å². The standard InChI is InChI=1S/C20H23Cl2N3O2/c1-11-5-6-12(23-8-11)9-24-18(26)25-17-14(21)7-13-15(16(17)22)19(2,3)10-20(13,4)27/h5-8,27H,9-10H2,1-4H3,(H2,24,25,26). The molecule has 3 rings (SSSR count). The molecule has 1 aliphatic rings. The van der Waals surface area contributed by atoms with E-state index in [1.807, 2.05) is 32.9 Å². The minimum Gasteiger partial charge on any atom is -0.385 e. The second-order valence-corrected chi connectivity index (χ2v) is 8.72. The second-order valence-electron chi connectivity index (χ2n) is 7.94. The van der Waals surface area contributed by atoms with Crippen molar-refractivity contribution in [3.63, 3.8) is 0 Å². The summed E-state index contributed by atoms with van der Waals surface area (Å²) in [5, 5.41) is 16.8. The van der Waals surface area contributed by atoms with Crippen LogP contribution < -0.4 is 10.6 Å². The van der Waals surface area contributed by atoms with E-state index in [9.17, 15) is 9.90 Å². The van der Waals surface area contributed by atoms with Gasteiger partial charge in [-0.15, -0.1) is 0 Å². The Labute approximate surface area is 169 Å². The molecular weight excluding hydrogens is 385 g/mol. The number of aliphatic hydroxyl groups is 1. The highest BCUT2D eigenvalue weighted by molar-refractivity contribution is 6.40. The van der Waals surface area contributed by atoms with Gasteiger partial charge in [-0.3, -0.25) is 4.98 Å². The Morgan fingerprint density at radius 3 is 2.63 bits per heavy atom. The molecule has 2 amide bonds. The van der Waals surface area contributed by atoms with Gasteiger partial charge in [0.25, 0.3) is 0 Å². The first-order chi connectivity index (χ1) is 12.5. The van der Waals surface area contributed by atoms with Crippen LogP contribution >= 0.6 is 23.2 Å². The van der Waals surface area contributed by atoms with E-state index in [-0.39, 0.29) is 12.0 Å². The molecule has 1 atom stereocenters. The third-order valence-electron chi connectivity index (χ3n) is 4.90. The van der Waals surface area contributed by atoms with E-state index in [2.05, 4.69) is 15.6 Å². The maximum Gasteiger partial charge on any atom is 0.319 e. The normalized spacial score (nSPS) is 20.3. The molecule has 3 N–H and O–H groups in total. The summed E-state index contributed by atoms with van der Waals surface area (Å²) in [5.74, 6) is 0. The fraction of sp³-hybridized carbons (Fsp3) is 0.400. The number of pyridine rings is 1. The minimum absolute atomic E-state index is 0.284. The number of aryl methyl sites for hydroxylation is 1. The van der Waals surface area contributed by atoms with Crippen molar-refractivity contribution in [3.05, 3.63) is 56.8 Å². The average Bonchev–Trinajstić information content (AvgIpc) is 2.74. The van der Waals surface area contributed by atoms with Crippen molar-refractivity contribution in [3.8, 4) is 0 Å².